The van der Waals surface area contributed by atoms with Crippen LogP contribution in [0.1, 0.15) is 31.7 Å². The third-order valence-electron chi connectivity index (χ3n) is 2.62. The molecule has 0 atom stereocenters. The molecule has 2 rings (SSSR count). The molecule has 1 N–H and O–H groups in total. The lowest BCUT2D eigenvalue weighted by molar-refractivity contribution is -0.116. The highest BCUT2D eigenvalue weighted by atomic mass is 32.2. The fraction of sp³-hybridized carbons (Fsp3) is 0.357. The largest absolute Gasteiger partial charge is 0.407 e. The van der Waals surface area contributed by atoms with Gasteiger partial charge in [-0.25, -0.2) is 0 Å². The van der Waals surface area contributed by atoms with E-state index in [-0.39, 0.29) is 11.9 Å². The lowest BCUT2D eigenvalue weighted by atomic mass is 10.1. The van der Waals surface area contributed by atoms with Crippen molar-refractivity contribution in [2.45, 2.75) is 31.6 Å². The van der Waals surface area contributed by atoms with Gasteiger partial charge in [0.2, 0.25) is 11.8 Å². The standard InChI is InChI=1S/C14H17N3O2S/c1-3-12(18)15-14-17-16-13(19-14)9-10-5-7-11(8-6-10)20-4-2/h5-8H,3-4,9H2,1-2H3,(H,15,17,18). The van der Waals surface area contributed by atoms with Crippen molar-refractivity contribution < 1.29 is 9.21 Å². The first-order chi connectivity index (χ1) is 9.71. The molecule has 0 aliphatic rings. The van der Waals surface area contributed by atoms with E-state index in [1.807, 2.05) is 12.1 Å². The molecule has 0 aliphatic heterocycles. The number of nitrogens with one attached hydrogen (secondary N) is 1. The topological polar surface area (TPSA) is 68.0 Å². The third kappa shape index (κ3) is 4.09. The summed E-state index contributed by atoms with van der Waals surface area (Å²) >= 11 is 1.80. The van der Waals surface area contributed by atoms with Crippen LogP contribution in [0.2, 0.25) is 0 Å². The Hall–Kier alpha value is -1.82. The minimum Gasteiger partial charge on any atom is -0.407 e. The number of rotatable bonds is 6. The number of benzene rings is 1. The number of nitrogens with zero attached hydrogens (tertiary/aromatic N) is 2. The van der Waals surface area contributed by atoms with Crippen LogP contribution in [0, 0.1) is 0 Å². The molecule has 0 spiro atoms. The predicted molar refractivity (Wildman–Crippen MR) is 78.9 cm³/mol. The average molecular weight is 291 g/mol. The summed E-state index contributed by atoms with van der Waals surface area (Å²) in [5, 5.41) is 10.3. The van der Waals surface area contributed by atoms with E-state index >= 15 is 0 Å². The van der Waals surface area contributed by atoms with Crippen LogP contribution >= 0.6 is 11.8 Å². The molecule has 1 aromatic carbocycles. The molecule has 20 heavy (non-hydrogen) atoms. The first kappa shape index (κ1) is 14.6. The Morgan fingerprint density at radius 2 is 2.00 bits per heavy atom. The smallest absolute Gasteiger partial charge is 0.322 e. The van der Waals surface area contributed by atoms with Gasteiger partial charge in [-0.1, -0.05) is 31.1 Å². The number of amides is 1. The summed E-state index contributed by atoms with van der Waals surface area (Å²) in [5.74, 6) is 1.41. The molecule has 0 saturated heterocycles. The van der Waals surface area contributed by atoms with Gasteiger partial charge in [-0.15, -0.1) is 16.9 Å². The van der Waals surface area contributed by atoms with Gasteiger partial charge in [0.25, 0.3) is 0 Å². The van der Waals surface area contributed by atoms with Crippen LogP contribution in [0.25, 0.3) is 0 Å². The first-order valence-electron chi connectivity index (χ1n) is 6.55. The van der Waals surface area contributed by atoms with Gasteiger partial charge in [-0.05, 0) is 23.4 Å². The summed E-state index contributed by atoms with van der Waals surface area (Å²) in [6.07, 6.45) is 0.945. The van der Waals surface area contributed by atoms with Crippen LogP contribution in [-0.4, -0.2) is 21.9 Å². The van der Waals surface area contributed by atoms with Crippen molar-refractivity contribution in [3.05, 3.63) is 35.7 Å². The molecule has 5 nitrogen and oxygen atoms in total. The molecule has 0 bridgehead atoms. The molecule has 6 heteroatoms. The van der Waals surface area contributed by atoms with Crippen molar-refractivity contribution in [2.24, 2.45) is 0 Å². The Labute approximate surface area is 122 Å². The maximum Gasteiger partial charge on any atom is 0.322 e. The molecule has 0 fully saturated rings. The zero-order valence-corrected chi connectivity index (χ0v) is 12.4. The molecule has 1 amide bonds. The number of anilines is 1. The number of hydrogen-bond acceptors (Lipinski definition) is 5. The maximum atomic E-state index is 11.2. The van der Waals surface area contributed by atoms with E-state index in [0.29, 0.717) is 18.7 Å². The second kappa shape index (κ2) is 7.09. The molecule has 0 unspecified atom stereocenters. The molecule has 1 aromatic heterocycles. The molecule has 0 radical (unpaired) electrons. The summed E-state index contributed by atoms with van der Waals surface area (Å²) in [6, 6.07) is 8.42. The van der Waals surface area contributed by atoms with Gasteiger partial charge in [-0.3, -0.25) is 10.1 Å². The van der Waals surface area contributed by atoms with E-state index in [1.54, 1.807) is 18.7 Å². The lowest BCUT2D eigenvalue weighted by Crippen LogP contribution is -2.09. The van der Waals surface area contributed by atoms with Crippen LogP contribution < -0.4 is 5.32 Å². The second-order valence-electron chi connectivity index (χ2n) is 4.16. The highest BCUT2D eigenvalue weighted by Gasteiger charge is 2.09. The average Bonchev–Trinajstić information content (AvgIpc) is 2.88. The van der Waals surface area contributed by atoms with Gasteiger partial charge in [0, 0.05) is 11.3 Å². The molecular weight excluding hydrogens is 274 g/mol. The van der Waals surface area contributed by atoms with Crippen LogP contribution in [-0.2, 0) is 11.2 Å². The summed E-state index contributed by atoms with van der Waals surface area (Å²) < 4.78 is 5.38. The van der Waals surface area contributed by atoms with Crippen molar-refractivity contribution >= 4 is 23.7 Å². The molecule has 106 valence electrons. The van der Waals surface area contributed by atoms with Gasteiger partial charge in [0.1, 0.15) is 0 Å². The van der Waals surface area contributed by atoms with E-state index in [4.69, 9.17) is 4.42 Å². The van der Waals surface area contributed by atoms with Crippen LogP contribution in [0.4, 0.5) is 6.01 Å². The van der Waals surface area contributed by atoms with E-state index in [0.717, 1.165) is 11.3 Å². The Morgan fingerprint density at radius 3 is 2.65 bits per heavy atom. The normalized spacial score (nSPS) is 10.5. The van der Waals surface area contributed by atoms with Crippen molar-refractivity contribution in [1.29, 1.82) is 0 Å². The Kier molecular flexibility index (Phi) is 5.17. The van der Waals surface area contributed by atoms with Gasteiger partial charge < -0.3 is 4.42 Å². The summed E-state index contributed by atoms with van der Waals surface area (Å²) in [7, 11) is 0. The Morgan fingerprint density at radius 1 is 1.25 bits per heavy atom. The van der Waals surface area contributed by atoms with Gasteiger partial charge in [0.15, 0.2) is 0 Å². The molecule has 0 aliphatic carbocycles. The van der Waals surface area contributed by atoms with E-state index in [9.17, 15) is 4.79 Å². The SMILES string of the molecule is CCSc1ccc(Cc2nnc(NC(=O)CC)o2)cc1. The lowest BCUT2D eigenvalue weighted by Gasteiger charge is -2.00. The first-order valence-corrected chi connectivity index (χ1v) is 7.53. The maximum absolute atomic E-state index is 11.2. The van der Waals surface area contributed by atoms with E-state index in [2.05, 4.69) is 34.6 Å². The summed E-state index contributed by atoms with van der Waals surface area (Å²) in [5.41, 5.74) is 1.10. The van der Waals surface area contributed by atoms with Gasteiger partial charge >= 0.3 is 6.01 Å². The van der Waals surface area contributed by atoms with Crippen molar-refractivity contribution in [3.8, 4) is 0 Å². The zero-order chi connectivity index (χ0) is 14.4. The van der Waals surface area contributed by atoms with E-state index < -0.39 is 0 Å². The number of hydrogen-bond donors (Lipinski definition) is 1. The Balaban J connectivity index is 1.97. The molecule has 0 saturated carbocycles. The minimum atomic E-state index is -0.138. The van der Waals surface area contributed by atoms with Crippen LogP contribution in [0.3, 0.4) is 0 Å². The Bertz CT molecular complexity index is 566. The molecule has 1 heterocycles. The highest BCUT2D eigenvalue weighted by Crippen LogP contribution is 2.19. The zero-order valence-electron chi connectivity index (χ0n) is 11.5. The van der Waals surface area contributed by atoms with Gasteiger partial charge in [-0.2, -0.15) is 0 Å². The molecular formula is C14H17N3O2S. The summed E-state index contributed by atoms with van der Waals surface area (Å²) in [6.45, 7) is 3.89. The van der Waals surface area contributed by atoms with Crippen molar-refractivity contribution in [1.82, 2.24) is 10.2 Å². The fourth-order valence-electron chi connectivity index (χ4n) is 1.63. The highest BCUT2D eigenvalue weighted by molar-refractivity contribution is 7.99. The number of carbonyl (C=O) groups is 1. The van der Waals surface area contributed by atoms with Crippen molar-refractivity contribution in [3.63, 3.8) is 0 Å². The minimum absolute atomic E-state index is 0.138. The van der Waals surface area contributed by atoms with Gasteiger partial charge in [0.05, 0.1) is 6.42 Å². The van der Waals surface area contributed by atoms with Crippen LogP contribution in [0.15, 0.2) is 33.6 Å². The number of carbonyl (C=O) groups excluding carboxylic acids is 1. The fourth-order valence-corrected chi connectivity index (χ4v) is 2.29. The summed E-state index contributed by atoms with van der Waals surface area (Å²) in [4.78, 5) is 12.5. The quantitative estimate of drug-likeness (QED) is 0.828. The monoisotopic (exact) mass is 291 g/mol. The second-order valence-corrected chi connectivity index (χ2v) is 5.49. The molecule has 2 aromatic rings. The third-order valence-corrected chi connectivity index (χ3v) is 3.52. The van der Waals surface area contributed by atoms with Crippen LogP contribution in [0.5, 0.6) is 0 Å². The van der Waals surface area contributed by atoms with Crippen molar-refractivity contribution in [2.75, 3.05) is 11.1 Å². The number of aromatic nitrogens is 2. The predicted octanol–water partition coefficient (Wildman–Crippen LogP) is 3.12. The van der Waals surface area contributed by atoms with E-state index in [1.165, 1.54) is 4.90 Å². The number of thioether (sulfide) groups is 1.